The summed E-state index contributed by atoms with van der Waals surface area (Å²) in [6.45, 7) is 4.85. The van der Waals surface area contributed by atoms with Gasteiger partial charge in [-0.1, -0.05) is 59.8 Å². The Morgan fingerprint density at radius 1 is 1.10 bits per heavy atom. The molecule has 2 heterocycles. The number of hydrogen-bond acceptors (Lipinski definition) is 5. The minimum absolute atomic E-state index is 0.0126. The zero-order valence-corrected chi connectivity index (χ0v) is 18.0. The quantitative estimate of drug-likeness (QED) is 0.563. The number of nitrogens with zero attached hydrogens (tertiary/aromatic N) is 4. The van der Waals surface area contributed by atoms with Crippen LogP contribution < -0.4 is 5.32 Å². The second-order valence-electron chi connectivity index (χ2n) is 7.58. The molecule has 1 saturated heterocycles. The number of aromatic nitrogens is 3. The molecule has 156 valence electrons. The second-order valence-corrected chi connectivity index (χ2v) is 8.52. The zero-order valence-electron chi connectivity index (χ0n) is 17.2. The number of likely N-dealkylation sites (tertiary alicyclic amines) is 1. The van der Waals surface area contributed by atoms with Crippen LogP contribution in [0.3, 0.4) is 0 Å². The van der Waals surface area contributed by atoms with Crippen molar-refractivity contribution in [1.29, 1.82) is 0 Å². The molecular weight excluding hydrogens is 394 g/mol. The van der Waals surface area contributed by atoms with Gasteiger partial charge < -0.3 is 5.32 Å². The van der Waals surface area contributed by atoms with Gasteiger partial charge in [0.1, 0.15) is 6.33 Å². The Kier molecular flexibility index (Phi) is 6.81. The lowest BCUT2D eigenvalue weighted by molar-refractivity contribution is -0.118. The van der Waals surface area contributed by atoms with E-state index >= 15 is 0 Å². The Bertz CT molecular complexity index is 951. The zero-order chi connectivity index (χ0) is 20.8. The van der Waals surface area contributed by atoms with Gasteiger partial charge in [-0.05, 0) is 50.6 Å². The monoisotopic (exact) mass is 421 g/mol. The summed E-state index contributed by atoms with van der Waals surface area (Å²) in [7, 11) is 0. The highest BCUT2D eigenvalue weighted by Gasteiger charge is 2.23. The number of aryl methyl sites for hydroxylation is 1. The van der Waals surface area contributed by atoms with E-state index in [2.05, 4.69) is 63.7 Å². The summed E-state index contributed by atoms with van der Waals surface area (Å²) in [5.74, 6) is 0.324. The van der Waals surface area contributed by atoms with E-state index in [0.717, 1.165) is 18.8 Å². The molecule has 3 aromatic rings. The first-order valence-corrected chi connectivity index (χ1v) is 11.3. The molecule has 4 rings (SSSR count). The van der Waals surface area contributed by atoms with E-state index in [1.165, 1.54) is 35.7 Å². The third-order valence-corrected chi connectivity index (χ3v) is 6.36. The minimum atomic E-state index is 0.0126. The lowest BCUT2D eigenvalue weighted by Gasteiger charge is -2.28. The first-order chi connectivity index (χ1) is 14.7. The Balaban J connectivity index is 1.35. The molecular formula is C23H27N5OS. The largest absolute Gasteiger partial charge is 0.353 e. The van der Waals surface area contributed by atoms with E-state index in [0.29, 0.717) is 17.5 Å². The van der Waals surface area contributed by atoms with Crippen LogP contribution in [-0.4, -0.2) is 51.0 Å². The first-order valence-electron chi connectivity index (χ1n) is 10.4. The van der Waals surface area contributed by atoms with Gasteiger partial charge in [0.2, 0.25) is 5.91 Å². The summed E-state index contributed by atoms with van der Waals surface area (Å²) in [5, 5.41) is 12.0. The summed E-state index contributed by atoms with van der Waals surface area (Å²) in [4.78, 5) is 15.0. The maximum Gasteiger partial charge on any atom is 0.230 e. The highest BCUT2D eigenvalue weighted by Crippen LogP contribution is 2.25. The summed E-state index contributed by atoms with van der Waals surface area (Å²) >= 11 is 1.40. The van der Waals surface area contributed by atoms with Crippen molar-refractivity contribution >= 4 is 17.7 Å². The van der Waals surface area contributed by atoms with Crippen molar-refractivity contribution in [2.45, 2.75) is 31.0 Å². The highest BCUT2D eigenvalue weighted by atomic mass is 32.2. The molecule has 0 spiro atoms. The van der Waals surface area contributed by atoms with Gasteiger partial charge in [-0.25, -0.2) is 0 Å². The van der Waals surface area contributed by atoms with Gasteiger partial charge in [0.25, 0.3) is 0 Å². The molecule has 1 aliphatic heterocycles. The standard InChI is InChI=1S/C23H27N5OS/c1-18-9-11-20(12-10-18)28-17-25-26-23(28)30-16-22(29)24-15-21(27-13-5-6-14-27)19-7-3-2-4-8-19/h2-4,7-12,17,21H,5-6,13-16H2,1H3,(H,24,29). The van der Waals surface area contributed by atoms with Crippen molar-refractivity contribution < 1.29 is 4.79 Å². The Hall–Kier alpha value is -2.64. The molecule has 1 N–H and O–H groups in total. The van der Waals surface area contributed by atoms with Crippen LogP contribution in [-0.2, 0) is 4.79 Å². The van der Waals surface area contributed by atoms with Crippen LogP contribution >= 0.6 is 11.8 Å². The maximum atomic E-state index is 12.6. The van der Waals surface area contributed by atoms with Gasteiger partial charge in [-0.2, -0.15) is 0 Å². The topological polar surface area (TPSA) is 63.1 Å². The highest BCUT2D eigenvalue weighted by molar-refractivity contribution is 7.99. The average Bonchev–Trinajstić information content (AvgIpc) is 3.46. The second kappa shape index (κ2) is 9.91. The predicted molar refractivity (Wildman–Crippen MR) is 120 cm³/mol. The van der Waals surface area contributed by atoms with Crippen LogP contribution in [0.5, 0.6) is 0 Å². The van der Waals surface area contributed by atoms with E-state index in [-0.39, 0.29) is 11.9 Å². The van der Waals surface area contributed by atoms with Gasteiger partial charge in [-0.15, -0.1) is 10.2 Å². The number of rotatable bonds is 8. The number of thioether (sulfide) groups is 1. The lowest BCUT2D eigenvalue weighted by Crippen LogP contribution is -2.37. The molecule has 1 atom stereocenters. The Morgan fingerprint density at radius 3 is 2.57 bits per heavy atom. The van der Waals surface area contributed by atoms with Crippen LogP contribution in [0.15, 0.2) is 66.1 Å². The van der Waals surface area contributed by atoms with Crippen molar-refractivity contribution in [3.05, 3.63) is 72.1 Å². The molecule has 0 aliphatic carbocycles. The third kappa shape index (κ3) is 5.09. The molecule has 1 fully saturated rings. The molecule has 1 amide bonds. The van der Waals surface area contributed by atoms with Crippen molar-refractivity contribution in [2.24, 2.45) is 0 Å². The Morgan fingerprint density at radius 2 is 1.83 bits per heavy atom. The molecule has 2 aromatic carbocycles. The van der Waals surface area contributed by atoms with Gasteiger partial charge in [-0.3, -0.25) is 14.3 Å². The maximum absolute atomic E-state index is 12.6. The molecule has 0 radical (unpaired) electrons. The lowest BCUT2D eigenvalue weighted by atomic mass is 10.1. The van der Waals surface area contributed by atoms with Crippen LogP contribution in [0.25, 0.3) is 5.69 Å². The van der Waals surface area contributed by atoms with Crippen LogP contribution in [0.2, 0.25) is 0 Å². The number of amides is 1. The summed E-state index contributed by atoms with van der Waals surface area (Å²) in [5.41, 5.74) is 3.45. The van der Waals surface area contributed by atoms with E-state index < -0.39 is 0 Å². The predicted octanol–water partition coefficient (Wildman–Crippen LogP) is 3.62. The average molecular weight is 422 g/mol. The summed E-state index contributed by atoms with van der Waals surface area (Å²) in [6.07, 6.45) is 4.13. The fourth-order valence-corrected chi connectivity index (χ4v) is 4.54. The van der Waals surface area contributed by atoms with Crippen molar-refractivity contribution in [3.63, 3.8) is 0 Å². The molecule has 0 bridgehead atoms. The van der Waals surface area contributed by atoms with Gasteiger partial charge in [0.05, 0.1) is 11.8 Å². The molecule has 0 saturated carbocycles. The van der Waals surface area contributed by atoms with Gasteiger partial charge >= 0.3 is 0 Å². The number of nitrogens with one attached hydrogen (secondary N) is 1. The normalized spacial score (nSPS) is 15.2. The number of hydrogen-bond donors (Lipinski definition) is 1. The summed E-state index contributed by atoms with van der Waals surface area (Å²) < 4.78 is 1.91. The van der Waals surface area contributed by atoms with Crippen molar-refractivity contribution in [3.8, 4) is 5.69 Å². The first kappa shape index (κ1) is 20.6. The van der Waals surface area contributed by atoms with Gasteiger partial charge in [0, 0.05) is 12.2 Å². The SMILES string of the molecule is Cc1ccc(-n2cnnc2SCC(=O)NCC(c2ccccc2)N2CCCC2)cc1. The van der Waals surface area contributed by atoms with Crippen LogP contribution in [0.4, 0.5) is 0 Å². The van der Waals surface area contributed by atoms with Crippen molar-refractivity contribution in [1.82, 2.24) is 25.0 Å². The molecule has 30 heavy (non-hydrogen) atoms. The number of carbonyl (C=O) groups excluding carboxylic acids is 1. The molecule has 6 nitrogen and oxygen atoms in total. The number of benzene rings is 2. The molecule has 7 heteroatoms. The third-order valence-electron chi connectivity index (χ3n) is 5.42. The molecule has 1 aromatic heterocycles. The molecule has 1 unspecified atom stereocenters. The van der Waals surface area contributed by atoms with E-state index in [1.54, 1.807) is 6.33 Å². The van der Waals surface area contributed by atoms with Crippen LogP contribution in [0.1, 0.15) is 30.0 Å². The minimum Gasteiger partial charge on any atom is -0.353 e. The van der Waals surface area contributed by atoms with Crippen LogP contribution in [0, 0.1) is 6.92 Å². The Labute approximate surface area is 181 Å². The van der Waals surface area contributed by atoms with Crippen molar-refractivity contribution in [2.75, 3.05) is 25.4 Å². The smallest absolute Gasteiger partial charge is 0.230 e. The van der Waals surface area contributed by atoms with E-state index in [4.69, 9.17) is 0 Å². The fourth-order valence-electron chi connectivity index (χ4n) is 3.78. The number of carbonyl (C=O) groups is 1. The van der Waals surface area contributed by atoms with E-state index in [1.807, 2.05) is 22.8 Å². The molecule has 1 aliphatic rings. The van der Waals surface area contributed by atoms with E-state index in [9.17, 15) is 4.79 Å². The summed E-state index contributed by atoms with van der Waals surface area (Å²) in [6, 6.07) is 18.8. The fraction of sp³-hybridized carbons (Fsp3) is 0.348. The van der Waals surface area contributed by atoms with Gasteiger partial charge in [0.15, 0.2) is 5.16 Å².